The summed E-state index contributed by atoms with van der Waals surface area (Å²) in [7, 11) is 1.90. The van der Waals surface area contributed by atoms with Crippen LogP contribution in [0.2, 0.25) is 0 Å². The van der Waals surface area contributed by atoms with Gasteiger partial charge >= 0.3 is 0 Å². The van der Waals surface area contributed by atoms with Crippen LogP contribution in [-0.4, -0.2) is 45.0 Å². The highest BCUT2D eigenvalue weighted by Gasteiger charge is 2.56. The predicted molar refractivity (Wildman–Crippen MR) is 79.9 cm³/mol. The molecule has 3 heterocycles. The molecule has 3 fully saturated rings. The fraction of sp³-hybridized carbons (Fsp3) is 0.750. The van der Waals surface area contributed by atoms with Crippen LogP contribution in [0.25, 0.3) is 0 Å². The molecule has 4 atom stereocenters. The molecule has 1 N–H and O–H groups in total. The lowest BCUT2D eigenvalue weighted by molar-refractivity contribution is 0.0271. The summed E-state index contributed by atoms with van der Waals surface area (Å²) in [5.74, 6) is 0.675. The summed E-state index contributed by atoms with van der Waals surface area (Å²) in [5, 5.41) is 3.79. The van der Waals surface area contributed by atoms with Gasteiger partial charge in [0.2, 0.25) is 0 Å². The summed E-state index contributed by atoms with van der Waals surface area (Å²) < 4.78 is 1.84. The quantitative estimate of drug-likeness (QED) is 0.853. The molecule has 2 bridgehead atoms. The molecular formula is C16H24N4O. The topological polar surface area (TPSA) is 50.2 Å². The molecule has 4 rings (SSSR count). The number of hydrogen-bond acceptors (Lipinski definition) is 3. The fourth-order valence-electron chi connectivity index (χ4n) is 4.92. The number of hydrogen-bond donors (Lipinski definition) is 1. The van der Waals surface area contributed by atoms with Gasteiger partial charge < -0.3 is 14.8 Å². The summed E-state index contributed by atoms with van der Waals surface area (Å²) in [6.07, 6.45) is 9.68. The molecule has 1 aromatic heterocycles. The minimum absolute atomic E-state index is 0.104. The Morgan fingerprint density at radius 2 is 2.24 bits per heavy atom. The summed E-state index contributed by atoms with van der Waals surface area (Å²) in [5.41, 5.74) is 0.236. The van der Waals surface area contributed by atoms with Crippen molar-refractivity contribution in [2.75, 3.05) is 6.54 Å². The number of amides is 1. The molecule has 5 nitrogen and oxygen atoms in total. The van der Waals surface area contributed by atoms with E-state index in [-0.39, 0.29) is 11.3 Å². The SMILES string of the molecule is Cn1ccnc1C(=O)N1C[C@@H]2C[C@@]3(C)[C@H](CCCC[C@@H]13)N2. The summed E-state index contributed by atoms with van der Waals surface area (Å²) in [6, 6.07) is 1.40. The molecule has 0 spiro atoms. The number of rotatable bonds is 1. The lowest BCUT2D eigenvalue weighted by Crippen LogP contribution is -2.56. The Morgan fingerprint density at radius 3 is 3.00 bits per heavy atom. The number of carbonyl (C=O) groups is 1. The van der Waals surface area contributed by atoms with Gasteiger partial charge in [-0.05, 0) is 19.3 Å². The van der Waals surface area contributed by atoms with Crippen LogP contribution in [0.3, 0.4) is 0 Å². The first kappa shape index (κ1) is 13.3. The number of aryl methyl sites for hydroxylation is 1. The van der Waals surface area contributed by atoms with Gasteiger partial charge in [-0.3, -0.25) is 4.79 Å². The molecule has 2 saturated heterocycles. The van der Waals surface area contributed by atoms with Crippen molar-refractivity contribution in [1.29, 1.82) is 0 Å². The lowest BCUT2D eigenvalue weighted by Gasteiger charge is -2.46. The molecule has 1 saturated carbocycles. The monoisotopic (exact) mass is 288 g/mol. The molecule has 1 aliphatic carbocycles. The fourth-order valence-corrected chi connectivity index (χ4v) is 4.92. The van der Waals surface area contributed by atoms with Crippen LogP contribution in [0.15, 0.2) is 12.4 Å². The third-order valence-corrected chi connectivity index (χ3v) is 5.97. The van der Waals surface area contributed by atoms with Gasteiger partial charge in [0.15, 0.2) is 5.82 Å². The predicted octanol–water partition coefficient (Wildman–Crippen LogP) is 1.56. The Balaban J connectivity index is 1.70. The van der Waals surface area contributed by atoms with E-state index in [4.69, 9.17) is 0 Å². The van der Waals surface area contributed by atoms with E-state index in [9.17, 15) is 4.79 Å². The zero-order valence-electron chi connectivity index (χ0n) is 12.9. The van der Waals surface area contributed by atoms with E-state index in [2.05, 4.69) is 22.1 Å². The molecule has 2 aliphatic heterocycles. The number of nitrogens with one attached hydrogen (secondary N) is 1. The highest BCUT2D eigenvalue weighted by Crippen LogP contribution is 2.49. The highest BCUT2D eigenvalue weighted by atomic mass is 16.2. The Bertz CT molecular complexity index is 568. The number of carbonyl (C=O) groups excluding carboxylic acids is 1. The van der Waals surface area contributed by atoms with Crippen LogP contribution in [0.1, 0.15) is 49.6 Å². The van der Waals surface area contributed by atoms with Crippen LogP contribution in [0.4, 0.5) is 0 Å². The number of imidazole rings is 1. The Hall–Kier alpha value is -1.36. The molecule has 0 unspecified atom stereocenters. The van der Waals surface area contributed by atoms with Gasteiger partial charge in [-0.25, -0.2) is 4.98 Å². The standard InChI is InChI=1S/C16H24N4O/c1-16-9-11-10-20(15(21)14-17-7-8-19(14)2)13(16)6-4-3-5-12(16)18-11/h7-8,11-13,18H,3-6,9-10H2,1-2H3/t11-,12-,13+,16-/m0/s1. The van der Waals surface area contributed by atoms with Crippen molar-refractivity contribution in [2.45, 2.75) is 57.2 Å². The van der Waals surface area contributed by atoms with Gasteiger partial charge in [0, 0.05) is 49.5 Å². The van der Waals surface area contributed by atoms with E-state index in [0.717, 1.165) is 13.0 Å². The molecule has 114 valence electrons. The van der Waals surface area contributed by atoms with Crippen molar-refractivity contribution in [1.82, 2.24) is 19.8 Å². The van der Waals surface area contributed by atoms with Crippen molar-refractivity contribution in [3.63, 3.8) is 0 Å². The molecule has 21 heavy (non-hydrogen) atoms. The summed E-state index contributed by atoms with van der Waals surface area (Å²) >= 11 is 0. The second kappa shape index (κ2) is 4.57. The normalized spacial score (nSPS) is 38.4. The van der Waals surface area contributed by atoms with E-state index < -0.39 is 0 Å². The number of fused-ring (bicyclic) bond motifs is 1. The van der Waals surface area contributed by atoms with E-state index in [1.807, 2.05) is 17.8 Å². The van der Waals surface area contributed by atoms with Gasteiger partial charge in [-0.1, -0.05) is 19.8 Å². The van der Waals surface area contributed by atoms with Crippen molar-refractivity contribution in [3.05, 3.63) is 18.2 Å². The van der Waals surface area contributed by atoms with Gasteiger partial charge in [0.25, 0.3) is 5.91 Å². The third kappa shape index (κ3) is 1.86. The van der Waals surface area contributed by atoms with Gasteiger partial charge in [-0.15, -0.1) is 0 Å². The maximum atomic E-state index is 13.0. The third-order valence-electron chi connectivity index (χ3n) is 5.97. The van der Waals surface area contributed by atoms with Crippen molar-refractivity contribution < 1.29 is 4.79 Å². The van der Waals surface area contributed by atoms with E-state index in [1.165, 1.54) is 25.7 Å². The average Bonchev–Trinajstić information content (AvgIpc) is 2.95. The molecule has 1 aromatic rings. The number of aromatic nitrogens is 2. The highest BCUT2D eigenvalue weighted by molar-refractivity contribution is 5.91. The minimum atomic E-state index is 0.104. The van der Waals surface area contributed by atoms with E-state index in [1.54, 1.807) is 6.20 Å². The first-order valence-electron chi connectivity index (χ1n) is 8.14. The Kier molecular flexibility index (Phi) is 2.89. The van der Waals surface area contributed by atoms with Crippen molar-refractivity contribution >= 4 is 5.91 Å². The molecular weight excluding hydrogens is 264 g/mol. The maximum Gasteiger partial charge on any atom is 0.290 e. The summed E-state index contributed by atoms with van der Waals surface area (Å²) in [4.78, 5) is 19.4. The van der Waals surface area contributed by atoms with Crippen LogP contribution >= 0.6 is 0 Å². The largest absolute Gasteiger partial charge is 0.331 e. The minimum Gasteiger partial charge on any atom is -0.331 e. The Morgan fingerprint density at radius 1 is 1.43 bits per heavy atom. The van der Waals surface area contributed by atoms with Gasteiger partial charge in [0.1, 0.15) is 0 Å². The van der Waals surface area contributed by atoms with Crippen molar-refractivity contribution in [3.8, 4) is 0 Å². The smallest absolute Gasteiger partial charge is 0.290 e. The Labute approximate surface area is 125 Å². The first-order valence-corrected chi connectivity index (χ1v) is 8.14. The van der Waals surface area contributed by atoms with Crippen LogP contribution < -0.4 is 5.32 Å². The second-order valence-corrected chi connectivity index (χ2v) is 7.25. The van der Waals surface area contributed by atoms with Crippen molar-refractivity contribution in [2.24, 2.45) is 12.5 Å². The second-order valence-electron chi connectivity index (χ2n) is 7.25. The van der Waals surface area contributed by atoms with Crippen LogP contribution in [0.5, 0.6) is 0 Å². The lowest BCUT2D eigenvalue weighted by atomic mass is 9.71. The van der Waals surface area contributed by atoms with Crippen LogP contribution in [-0.2, 0) is 7.05 Å². The van der Waals surface area contributed by atoms with E-state index in [0.29, 0.717) is 23.9 Å². The average molecular weight is 288 g/mol. The molecule has 0 aromatic carbocycles. The molecule has 5 heteroatoms. The molecule has 3 aliphatic rings. The number of likely N-dealkylation sites (tertiary alicyclic amines) is 1. The number of piperidine rings is 1. The zero-order valence-corrected chi connectivity index (χ0v) is 12.9. The molecule has 0 radical (unpaired) electrons. The molecule has 1 amide bonds. The summed E-state index contributed by atoms with van der Waals surface area (Å²) in [6.45, 7) is 3.22. The maximum absolute atomic E-state index is 13.0. The first-order chi connectivity index (χ1) is 10.1. The zero-order chi connectivity index (χ0) is 14.6. The van der Waals surface area contributed by atoms with Gasteiger partial charge in [0.05, 0.1) is 0 Å². The van der Waals surface area contributed by atoms with Gasteiger partial charge in [-0.2, -0.15) is 0 Å². The van der Waals surface area contributed by atoms with Crippen LogP contribution in [0, 0.1) is 5.41 Å². The van der Waals surface area contributed by atoms with E-state index >= 15 is 0 Å². The number of nitrogens with zero attached hydrogens (tertiary/aromatic N) is 3.